The molecule has 0 aliphatic heterocycles. The second kappa shape index (κ2) is 7.35. The van der Waals surface area contributed by atoms with E-state index in [1.807, 2.05) is 19.2 Å². The highest BCUT2D eigenvalue weighted by Gasteiger charge is 2.08. The number of rotatable bonds is 6. The summed E-state index contributed by atoms with van der Waals surface area (Å²) in [4.78, 5) is 23.9. The van der Waals surface area contributed by atoms with Crippen LogP contribution < -0.4 is 0 Å². The molecule has 7 nitrogen and oxygen atoms in total. The van der Waals surface area contributed by atoms with Gasteiger partial charge in [0.05, 0.1) is 17.2 Å². The number of hydrogen-bond acceptors (Lipinski definition) is 4. The number of nitrogens with zero attached hydrogens (tertiary/aromatic N) is 4. The van der Waals surface area contributed by atoms with Crippen LogP contribution in [0, 0.1) is 10.1 Å². The molecule has 0 N–H and O–H groups in total. The van der Waals surface area contributed by atoms with E-state index in [-0.39, 0.29) is 11.6 Å². The van der Waals surface area contributed by atoms with Crippen molar-refractivity contribution in [1.29, 1.82) is 0 Å². The van der Waals surface area contributed by atoms with Gasteiger partial charge in [-0.05, 0) is 24.6 Å². The third-order valence-corrected chi connectivity index (χ3v) is 3.29. The second-order valence-electron chi connectivity index (χ2n) is 5.04. The minimum atomic E-state index is -0.463. The molecule has 0 unspecified atom stereocenters. The number of likely N-dealkylation sites (N-methyl/N-ethyl adjacent to an activating group) is 1. The Kier molecular flexibility index (Phi) is 5.24. The fourth-order valence-corrected chi connectivity index (χ4v) is 2.02. The molecule has 1 heterocycles. The zero-order valence-corrected chi connectivity index (χ0v) is 13.0. The van der Waals surface area contributed by atoms with Gasteiger partial charge in [-0.15, -0.1) is 0 Å². The molecule has 7 heteroatoms. The van der Waals surface area contributed by atoms with Crippen molar-refractivity contribution in [3.8, 4) is 0 Å². The predicted octanol–water partition coefficient (Wildman–Crippen LogP) is 2.48. The van der Waals surface area contributed by atoms with Crippen molar-refractivity contribution >= 4 is 17.7 Å². The number of aromatic nitrogens is 2. The number of benzene rings is 1. The SMILES string of the molecule is CCn1ccc(CN(C)C(=O)/C=C/c2cccc([N+](=O)[O-])c2)n1. The van der Waals surface area contributed by atoms with Gasteiger partial charge in [0.15, 0.2) is 0 Å². The number of aryl methyl sites for hydroxylation is 1. The summed E-state index contributed by atoms with van der Waals surface area (Å²) in [5.74, 6) is -0.192. The highest BCUT2D eigenvalue weighted by atomic mass is 16.6. The molecule has 1 amide bonds. The number of hydrogen-bond donors (Lipinski definition) is 0. The molecule has 1 aromatic carbocycles. The molecular weight excluding hydrogens is 296 g/mol. The minimum Gasteiger partial charge on any atom is -0.336 e. The molecular formula is C16H18N4O3. The smallest absolute Gasteiger partial charge is 0.270 e. The van der Waals surface area contributed by atoms with E-state index < -0.39 is 4.92 Å². The first kappa shape index (κ1) is 16.4. The first-order valence-electron chi connectivity index (χ1n) is 7.19. The van der Waals surface area contributed by atoms with Crippen LogP contribution in [-0.2, 0) is 17.9 Å². The summed E-state index contributed by atoms with van der Waals surface area (Å²) in [6, 6.07) is 8.00. The van der Waals surface area contributed by atoms with E-state index >= 15 is 0 Å². The van der Waals surface area contributed by atoms with Crippen molar-refractivity contribution in [3.63, 3.8) is 0 Å². The molecule has 0 bridgehead atoms. The van der Waals surface area contributed by atoms with Crippen LogP contribution in [0.5, 0.6) is 0 Å². The summed E-state index contributed by atoms with van der Waals surface area (Å²) in [5, 5.41) is 15.1. The number of nitro groups is 1. The number of non-ortho nitro benzene ring substituents is 1. The first-order chi connectivity index (χ1) is 11.0. The molecule has 0 saturated heterocycles. The van der Waals surface area contributed by atoms with Gasteiger partial charge in [0.25, 0.3) is 5.69 Å². The van der Waals surface area contributed by atoms with E-state index in [2.05, 4.69) is 5.10 Å². The first-order valence-corrected chi connectivity index (χ1v) is 7.19. The normalized spacial score (nSPS) is 10.9. The molecule has 1 aromatic heterocycles. The average molecular weight is 314 g/mol. The molecule has 0 saturated carbocycles. The van der Waals surface area contributed by atoms with Gasteiger partial charge in [0, 0.05) is 38.0 Å². The lowest BCUT2D eigenvalue weighted by molar-refractivity contribution is -0.384. The van der Waals surface area contributed by atoms with Gasteiger partial charge in [0.1, 0.15) is 0 Å². The molecule has 0 atom stereocenters. The van der Waals surface area contributed by atoms with Crippen LogP contribution in [0.4, 0.5) is 5.69 Å². The Morgan fingerprint density at radius 3 is 2.87 bits per heavy atom. The van der Waals surface area contributed by atoms with Gasteiger partial charge in [-0.25, -0.2) is 0 Å². The molecule has 0 spiro atoms. The van der Waals surface area contributed by atoms with E-state index in [1.54, 1.807) is 29.9 Å². The van der Waals surface area contributed by atoms with Crippen molar-refractivity contribution < 1.29 is 9.72 Å². The number of amides is 1. The maximum atomic E-state index is 12.1. The minimum absolute atomic E-state index is 0.00180. The zero-order chi connectivity index (χ0) is 16.8. The third-order valence-electron chi connectivity index (χ3n) is 3.29. The quantitative estimate of drug-likeness (QED) is 0.466. The maximum Gasteiger partial charge on any atom is 0.270 e. The van der Waals surface area contributed by atoms with E-state index in [0.717, 1.165) is 12.2 Å². The lowest BCUT2D eigenvalue weighted by atomic mass is 10.2. The monoisotopic (exact) mass is 314 g/mol. The van der Waals surface area contributed by atoms with Crippen LogP contribution >= 0.6 is 0 Å². The summed E-state index contributed by atoms with van der Waals surface area (Å²) in [6.07, 6.45) is 4.83. The van der Waals surface area contributed by atoms with Gasteiger partial charge >= 0.3 is 0 Å². The predicted molar refractivity (Wildman–Crippen MR) is 86.5 cm³/mol. The van der Waals surface area contributed by atoms with Crippen LogP contribution in [0.3, 0.4) is 0 Å². The largest absolute Gasteiger partial charge is 0.336 e. The number of nitro benzene ring substituents is 1. The van der Waals surface area contributed by atoms with Crippen molar-refractivity contribution in [1.82, 2.24) is 14.7 Å². The van der Waals surface area contributed by atoms with Crippen molar-refractivity contribution in [2.45, 2.75) is 20.0 Å². The Balaban J connectivity index is 1.99. The van der Waals surface area contributed by atoms with Gasteiger partial charge < -0.3 is 4.90 Å². The summed E-state index contributed by atoms with van der Waals surface area (Å²) in [6.45, 7) is 3.18. The summed E-state index contributed by atoms with van der Waals surface area (Å²) >= 11 is 0. The van der Waals surface area contributed by atoms with Gasteiger partial charge in [-0.1, -0.05) is 12.1 Å². The Bertz CT molecular complexity index is 736. The van der Waals surface area contributed by atoms with Crippen molar-refractivity contribution in [2.24, 2.45) is 0 Å². The molecule has 120 valence electrons. The van der Waals surface area contributed by atoms with Gasteiger partial charge in [-0.3, -0.25) is 19.6 Å². The van der Waals surface area contributed by atoms with Crippen LogP contribution in [0.2, 0.25) is 0 Å². The number of carbonyl (C=O) groups is 1. The maximum absolute atomic E-state index is 12.1. The summed E-state index contributed by atoms with van der Waals surface area (Å²) < 4.78 is 1.80. The molecule has 2 rings (SSSR count). The fourth-order valence-electron chi connectivity index (χ4n) is 2.02. The van der Waals surface area contributed by atoms with Crippen molar-refractivity contribution in [2.75, 3.05) is 7.05 Å². The van der Waals surface area contributed by atoms with Gasteiger partial charge in [0.2, 0.25) is 5.91 Å². The lowest BCUT2D eigenvalue weighted by Crippen LogP contribution is -2.24. The fraction of sp³-hybridized carbons (Fsp3) is 0.250. The highest BCUT2D eigenvalue weighted by molar-refractivity contribution is 5.91. The highest BCUT2D eigenvalue weighted by Crippen LogP contribution is 2.14. The molecule has 0 radical (unpaired) electrons. The van der Waals surface area contributed by atoms with E-state index in [9.17, 15) is 14.9 Å². The lowest BCUT2D eigenvalue weighted by Gasteiger charge is -2.13. The zero-order valence-electron chi connectivity index (χ0n) is 13.0. The van der Waals surface area contributed by atoms with E-state index in [1.165, 1.54) is 23.1 Å². The summed E-state index contributed by atoms with van der Waals surface area (Å²) in [7, 11) is 1.69. The third kappa shape index (κ3) is 4.50. The second-order valence-corrected chi connectivity index (χ2v) is 5.04. The Labute approximate surface area is 134 Å². The molecule has 0 fully saturated rings. The van der Waals surface area contributed by atoms with Crippen LogP contribution in [-0.4, -0.2) is 32.6 Å². The number of carbonyl (C=O) groups excluding carboxylic acids is 1. The van der Waals surface area contributed by atoms with E-state index in [0.29, 0.717) is 12.1 Å². The van der Waals surface area contributed by atoms with Crippen LogP contribution in [0.25, 0.3) is 6.08 Å². The topological polar surface area (TPSA) is 81.3 Å². The standard InChI is InChI=1S/C16H18N4O3/c1-3-19-10-9-14(17-19)12-18(2)16(21)8-7-13-5-4-6-15(11-13)20(22)23/h4-11H,3,12H2,1-2H3/b8-7+. The average Bonchev–Trinajstić information content (AvgIpc) is 3.00. The van der Waals surface area contributed by atoms with Crippen LogP contribution in [0.15, 0.2) is 42.6 Å². The van der Waals surface area contributed by atoms with Gasteiger partial charge in [-0.2, -0.15) is 5.10 Å². The molecule has 0 aliphatic carbocycles. The molecule has 0 aliphatic rings. The molecule has 2 aromatic rings. The van der Waals surface area contributed by atoms with Crippen molar-refractivity contribution in [3.05, 3.63) is 64.0 Å². The van der Waals surface area contributed by atoms with E-state index in [4.69, 9.17) is 0 Å². The Morgan fingerprint density at radius 1 is 1.43 bits per heavy atom. The Morgan fingerprint density at radius 2 is 2.22 bits per heavy atom. The summed E-state index contributed by atoms with van der Waals surface area (Å²) in [5.41, 5.74) is 1.42. The molecule has 23 heavy (non-hydrogen) atoms. The Hall–Kier alpha value is -2.96. The van der Waals surface area contributed by atoms with Crippen LogP contribution in [0.1, 0.15) is 18.2 Å².